The Morgan fingerprint density at radius 3 is 2.94 bits per heavy atom. The first kappa shape index (κ1) is 22.3. The van der Waals surface area contributed by atoms with Crippen LogP contribution in [-0.4, -0.2) is 66.5 Å². The van der Waals surface area contributed by atoms with Gasteiger partial charge in [-0.05, 0) is 49.6 Å². The Morgan fingerprint density at radius 2 is 2.15 bits per heavy atom. The van der Waals surface area contributed by atoms with Crippen molar-refractivity contribution in [1.82, 2.24) is 29.6 Å². The zero-order chi connectivity index (χ0) is 23.4. The molecule has 1 unspecified atom stereocenters. The number of ether oxygens (including phenoxy) is 1. The summed E-state index contributed by atoms with van der Waals surface area (Å²) in [4.78, 5) is 35.3. The van der Waals surface area contributed by atoms with E-state index in [4.69, 9.17) is 4.74 Å². The van der Waals surface area contributed by atoms with E-state index >= 15 is 0 Å². The van der Waals surface area contributed by atoms with Crippen molar-refractivity contribution in [3.8, 4) is 11.5 Å². The molecule has 4 rings (SSSR count). The van der Waals surface area contributed by atoms with Crippen molar-refractivity contribution in [2.75, 3.05) is 25.1 Å². The van der Waals surface area contributed by atoms with Crippen molar-refractivity contribution in [3.05, 3.63) is 53.6 Å². The van der Waals surface area contributed by atoms with Crippen LogP contribution in [0.1, 0.15) is 41.5 Å². The molecular weight excluding hydrogens is 426 g/mol. The van der Waals surface area contributed by atoms with Crippen molar-refractivity contribution in [3.63, 3.8) is 0 Å². The molecule has 0 fully saturated rings. The molecule has 4 heterocycles. The molecule has 11 nitrogen and oxygen atoms in total. The third-order valence-electron chi connectivity index (χ3n) is 5.39. The summed E-state index contributed by atoms with van der Waals surface area (Å²) < 4.78 is 6.80. The highest BCUT2D eigenvalue weighted by Gasteiger charge is 2.23. The van der Waals surface area contributed by atoms with Gasteiger partial charge in [-0.2, -0.15) is 0 Å². The number of hydrogen-bond acceptors (Lipinski definition) is 8. The lowest BCUT2D eigenvalue weighted by Crippen LogP contribution is -2.36. The van der Waals surface area contributed by atoms with Crippen LogP contribution in [0.15, 0.2) is 36.8 Å². The molecule has 0 spiro atoms. The first-order chi connectivity index (χ1) is 16.0. The second kappa shape index (κ2) is 9.74. The van der Waals surface area contributed by atoms with Crippen LogP contribution in [0.5, 0.6) is 0 Å². The highest BCUT2D eigenvalue weighted by Crippen LogP contribution is 2.22. The Labute approximate surface area is 190 Å². The molecule has 2 amide bonds. The number of carbonyl (C=O) groups excluding carboxylic acids is 2. The number of rotatable bonds is 6. The van der Waals surface area contributed by atoms with Gasteiger partial charge < -0.3 is 24.6 Å². The second-order valence-electron chi connectivity index (χ2n) is 7.66. The van der Waals surface area contributed by atoms with Gasteiger partial charge in [0.2, 0.25) is 0 Å². The van der Waals surface area contributed by atoms with E-state index in [-0.39, 0.29) is 24.4 Å². The minimum Gasteiger partial charge on any atom is -0.450 e. The highest BCUT2D eigenvalue weighted by molar-refractivity contribution is 6.02. The highest BCUT2D eigenvalue weighted by atomic mass is 16.6. The Kier molecular flexibility index (Phi) is 6.59. The standard InChI is InChI=1S/C22H25N7O4/c1-3-33-22(32)28-8-7-15-10-23-18(9-16(15)11-28)21(31)26-19-6-4-5-17(25-19)20-27-24-13-29(20)14(2)12-30/h4-6,9-10,13-14,30H,3,7-8,11-12H2,1-2H3,(H,25,26,31). The van der Waals surface area contributed by atoms with Gasteiger partial charge in [-0.1, -0.05) is 6.07 Å². The first-order valence-electron chi connectivity index (χ1n) is 10.7. The molecule has 0 bridgehead atoms. The van der Waals surface area contributed by atoms with Crippen LogP contribution in [0.3, 0.4) is 0 Å². The molecule has 172 valence electrons. The third kappa shape index (κ3) is 4.82. The van der Waals surface area contributed by atoms with E-state index in [1.165, 1.54) is 6.33 Å². The molecule has 1 aliphatic rings. The normalized spacial score (nSPS) is 13.8. The lowest BCUT2D eigenvalue weighted by molar-refractivity contribution is 0.102. The Balaban J connectivity index is 1.51. The van der Waals surface area contributed by atoms with Crippen LogP contribution in [0.2, 0.25) is 0 Å². The van der Waals surface area contributed by atoms with Gasteiger partial charge >= 0.3 is 6.09 Å². The number of aromatic nitrogens is 5. The van der Waals surface area contributed by atoms with Crippen LogP contribution >= 0.6 is 0 Å². The molecule has 0 radical (unpaired) electrons. The average molecular weight is 451 g/mol. The SMILES string of the molecule is CCOC(=O)N1CCc2cnc(C(=O)Nc3cccc(-c4nncn4C(C)CO)n3)cc2C1. The van der Waals surface area contributed by atoms with Crippen LogP contribution in [0, 0.1) is 0 Å². The molecule has 2 N–H and O–H groups in total. The summed E-state index contributed by atoms with van der Waals surface area (Å²) in [5.41, 5.74) is 2.60. The maximum Gasteiger partial charge on any atom is 0.410 e. The van der Waals surface area contributed by atoms with Crippen molar-refractivity contribution >= 4 is 17.8 Å². The number of amides is 2. The molecule has 33 heavy (non-hydrogen) atoms. The van der Waals surface area contributed by atoms with Crippen LogP contribution in [0.4, 0.5) is 10.6 Å². The van der Waals surface area contributed by atoms with Gasteiger partial charge in [0, 0.05) is 19.3 Å². The quantitative estimate of drug-likeness (QED) is 0.581. The monoisotopic (exact) mass is 451 g/mol. The van der Waals surface area contributed by atoms with E-state index in [9.17, 15) is 14.7 Å². The van der Waals surface area contributed by atoms with Gasteiger partial charge in [0.15, 0.2) is 5.82 Å². The number of nitrogens with zero attached hydrogens (tertiary/aromatic N) is 6. The maximum atomic E-state index is 12.9. The number of pyridine rings is 2. The van der Waals surface area contributed by atoms with E-state index in [2.05, 4.69) is 25.5 Å². The number of anilines is 1. The fourth-order valence-corrected chi connectivity index (χ4v) is 3.58. The number of aliphatic hydroxyl groups excluding tert-OH is 1. The molecule has 11 heteroatoms. The molecule has 0 aromatic carbocycles. The molecule has 0 aliphatic carbocycles. The molecule has 1 atom stereocenters. The zero-order valence-electron chi connectivity index (χ0n) is 18.4. The van der Waals surface area contributed by atoms with E-state index in [1.54, 1.807) is 46.9 Å². The Hall–Kier alpha value is -3.86. The van der Waals surface area contributed by atoms with Gasteiger partial charge in [0.05, 0.1) is 19.3 Å². The summed E-state index contributed by atoms with van der Waals surface area (Å²) >= 11 is 0. The fraction of sp³-hybridized carbons (Fsp3) is 0.364. The lowest BCUT2D eigenvalue weighted by atomic mass is 10.0. The van der Waals surface area contributed by atoms with Crippen molar-refractivity contribution in [2.24, 2.45) is 0 Å². The molecule has 3 aromatic rings. The van der Waals surface area contributed by atoms with E-state index in [1.807, 2.05) is 6.92 Å². The Morgan fingerprint density at radius 1 is 1.30 bits per heavy atom. The Bertz CT molecular complexity index is 1160. The van der Waals surface area contributed by atoms with Crippen LogP contribution in [0.25, 0.3) is 11.5 Å². The maximum absolute atomic E-state index is 12.9. The third-order valence-corrected chi connectivity index (χ3v) is 5.39. The van der Waals surface area contributed by atoms with E-state index < -0.39 is 5.91 Å². The minimum atomic E-state index is -0.416. The minimum absolute atomic E-state index is 0.0704. The van der Waals surface area contributed by atoms with Crippen molar-refractivity contribution in [1.29, 1.82) is 0 Å². The summed E-state index contributed by atoms with van der Waals surface area (Å²) in [5, 5.41) is 20.2. The summed E-state index contributed by atoms with van der Waals surface area (Å²) in [6.45, 7) is 4.76. The number of carbonyl (C=O) groups is 2. The molecule has 0 saturated carbocycles. The molecule has 0 saturated heterocycles. The van der Waals surface area contributed by atoms with Crippen molar-refractivity contribution in [2.45, 2.75) is 32.9 Å². The van der Waals surface area contributed by atoms with Gasteiger partial charge in [-0.25, -0.2) is 9.78 Å². The molecular formula is C22H25N7O4. The topological polar surface area (TPSA) is 135 Å². The summed E-state index contributed by atoms with van der Waals surface area (Å²) in [6, 6.07) is 6.64. The number of aliphatic hydroxyl groups is 1. The smallest absolute Gasteiger partial charge is 0.410 e. The number of nitrogens with one attached hydrogen (secondary N) is 1. The first-order valence-corrected chi connectivity index (χ1v) is 10.7. The van der Waals surface area contributed by atoms with E-state index in [0.29, 0.717) is 43.5 Å². The van der Waals surface area contributed by atoms with Gasteiger partial charge in [-0.15, -0.1) is 10.2 Å². The van der Waals surface area contributed by atoms with E-state index in [0.717, 1.165) is 11.1 Å². The lowest BCUT2D eigenvalue weighted by Gasteiger charge is -2.28. The van der Waals surface area contributed by atoms with Gasteiger partial charge in [0.1, 0.15) is 23.5 Å². The number of hydrogen-bond donors (Lipinski definition) is 2. The summed E-state index contributed by atoms with van der Waals surface area (Å²) in [5.74, 6) is 0.399. The average Bonchev–Trinajstić information content (AvgIpc) is 3.33. The zero-order valence-corrected chi connectivity index (χ0v) is 18.4. The molecule has 3 aromatic heterocycles. The second-order valence-corrected chi connectivity index (χ2v) is 7.66. The van der Waals surface area contributed by atoms with Gasteiger partial charge in [0.25, 0.3) is 5.91 Å². The largest absolute Gasteiger partial charge is 0.450 e. The van der Waals surface area contributed by atoms with Crippen LogP contribution < -0.4 is 5.32 Å². The van der Waals surface area contributed by atoms with Crippen LogP contribution in [-0.2, 0) is 17.7 Å². The molecule has 1 aliphatic heterocycles. The summed E-state index contributed by atoms with van der Waals surface area (Å²) in [6.07, 6.45) is 3.49. The van der Waals surface area contributed by atoms with Crippen molar-refractivity contribution < 1.29 is 19.4 Å². The number of fused-ring (bicyclic) bond motifs is 1. The predicted molar refractivity (Wildman–Crippen MR) is 118 cm³/mol. The summed E-state index contributed by atoms with van der Waals surface area (Å²) in [7, 11) is 0. The predicted octanol–water partition coefficient (Wildman–Crippen LogP) is 2.06. The van der Waals surface area contributed by atoms with Gasteiger partial charge in [-0.3, -0.25) is 9.78 Å². The fourth-order valence-electron chi connectivity index (χ4n) is 3.58.